The normalized spacial score (nSPS) is 12.4. The van der Waals surface area contributed by atoms with Crippen LogP contribution in [-0.4, -0.2) is 33.0 Å². The van der Waals surface area contributed by atoms with E-state index in [9.17, 15) is 9.59 Å². The molecule has 0 fully saturated rings. The molecule has 0 N–H and O–H groups in total. The molecule has 3 rings (SSSR count). The SMILES string of the molecule is CCOC(=O)[C@H](Cc1cc(O[Si](C)(C)C(C)(C)C)ccc1OCc1ccccc1)OC(=O)c1ccccc1. The molecule has 0 radical (unpaired) electrons. The minimum Gasteiger partial charge on any atom is -0.543 e. The predicted molar refractivity (Wildman–Crippen MR) is 151 cm³/mol. The Bertz CT molecular complexity index is 1200. The summed E-state index contributed by atoms with van der Waals surface area (Å²) in [5, 5.41) is 0.00826. The predicted octanol–water partition coefficient (Wildman–Crippen LogP) is 6.98. The fourth-order valence-electron chi connectivity index (χ4n) is 3.48. The highest BCUT2D eigenvalue weighted by Crippen LogP contribution is 2.38. The van der Waals surface area contributed by atoms with Gasteiger partial charge in [0.2, 0.25) is 14.4 Å². The van der Waals surface area contributed by atoms with Gasteiger partial charge in [-0.05, 0) is 61.0 Å². The van der Waals surface area contributed by atoms with Gasteiger partial charge in [-0.1, -0.05) is 69.3 Å². The molecule has 0 aliphatic heterocycles. The Morgan fingerprint density at radius 3 is 2.13 bits per heavy atom. The second-order valence-corrected chi connectivity index (χ2v) is 15.3. The molecule has 3 aromatic rings. The molecule has 202 valence electrons. The number of carbonyl (C=O) groups is 2. The first-order valence-corrected chi connectivity index (χ1v) is 15.8. The molecule has 0 saturated carbocycles. The van der Waals surface area contributed by atoms with Crippen molar-refractivity contribution in [1.29, 1.82) is 0 Å². The molecule has 1 atom stereocenters. The lowest BCUT2D eigenvalue weighted by Gasteiger charge is -2.36. The molecule has 0 aliphatic carbocycles. The second-order valence-electron chi connectivity index (χ2n) is 10.6. The Kier molecular flexibility index (Phi) is 9.75. The van der Waals surface area contributed by atoms with Gasteiger partial charge in [-0.2, -0.15) is 0 Å². The summed E-state index contributed by atoms with van der Waals surface area (Å²) in [6, 6.07) is 24.0. The first kappa shape index (κ1) is 29.0. The van der Waals surface area contributed by atoms with Gasteiger partial charge in [0.15, 0.2) is 0 Å². The standard InChI is InChI=1S/C31H38O6Si/c1-7-34-30(33)28(36-29(32)24-16-12-9-13-17-24)21-25-20-26(37-38(5,6)31(2,3)4)18-19-27(25)35-22-23-14-10-8-11-15-23/h8-20,28H,7,21-22H2,1-6H3/t28-/m0/s1. The average Bonchev–Trinajstić information content (AvgIpc) is 2.88. The van der Waals surface area contributed by atoms with Crippen LogP contribution in [0.5, 0.6) is 11.5 Å². The Hall–Kier alpha value is -3.58. The van der Waals surface area contributed by atoms with E-state index in [0.717, 1.165) is 5.56 Å². The molecule has 6 nitrogen and oxygen atoms in total. The van der Waals surface area contributed by atoms with Crippen molar-refractivity contribution >= 4 is 20.3 Å². The van der Waals surface area contributed by atoms with Crippen LogP contribution in [0.15, 0.2) is 78.9 Å². The minimum atomic E-state index is -2.12. The van der Waals surface area contributed by atoms with Crippen molar-refractivity contribution < 1.29 is 28.2 Å². The molecule has 3 aromatic carbocycles. The maximum Gasteiger partial charge on any atom is 0.347 e. The molecule has 0 aliphatic rings. The summed E-state index contributed by atoms with van der Waals surface area (Å²) in [5.41, 5.74) is 2.06. The third kappa shape index (κ3) is 7.96. The van der Waals surface area contributed by atoms with E-state index in [1.807, 2.05) is 54.6 Å². The Morgan fingerprint density at radius 2 is 1.53 bits per heavy atom. The van der Waals surface area contributed by atoms with Gasteiger partial charge in [0.05, 0.1) is 12.2 Å². The van der Waals surface area contributed by atoms with Crippen LogP contribution in [-0.2, 0) is 27.3 Å². The number of esters is 2. The Morgan fingerprint density at radius 1 is 0.895 bits per heavy atom. The van der Waals surface area contributed by atoms with E-state index in [2.05, 4.69) is 33.9 Å². The quantitative estimate of drug-likeness (QED) is 0.195. The molecule has 0 heterocycles. The number of carbonyl (C=O) groups excluding carboxylic acids is 2. The summed E-state index contributed by atoms with van der Waals surface area (Å²) >= 11 is 0. The third-order valence-corrected chi connectivity index (χ3v) is 11.0. The van der Waals surface area contributed by atoms with Crippen molar-refractivity contribution in [2.75, 3.05) is 6.61 Å². The van der Waals surface area contributed by atoms with E-state index >= 15 is 0 Å². The minimum absolute atomic E-state index is 0.00826. The fraction of sp³-hybridized carbons (Fsp3) is 0.355. The van der Waals surface area contributed by atoms with Crippen molar-refractivity contribution in [2.45, 2.75) is 65.0 Å². The Labute approximate surface area is 227 Å². The fourth-order valence-corrected chi connectivity index (χ4v) is 4.50. The zero-order valence-electron chi connectivity index (χ0n) is 23.2. The lowest BCUT2D eigenvalue weighted by molar-refractivity contribution is -0.153. The van der Waals surface area contributed by atoms with Gasteiger partial charge in [-0.15, -0.1) is 0 Å². The molecule has 38 heavy (non-hydrogen) atoms. The third-order valence-electron chi connectivity index (χ3n) is 6.66. The largest absolute Gasteiger partial charge is 0.543 e. The second kappa shape index (κ2) is 12.8. The van der Waals surface area contributed by atoms with Gasteiger partial charge in [-0.3, -0.25) is 0 Å². The van der Waals surface area contributed by atoms with Crippen molar-refractivity contribution in [2.24, 2.45) is 0 Å². The van der Waals surface area contributed by atoms with E-state index < -0.39 is 26.4 Å². The summed E-state index contributed by atoms with van der Waals surface area (Å²) in [5.74, 6) is 0.0720. The number of benzene rings is 3. The van der Waals surface area contributed by atoms with E-state index in [4.69, 9.17) is 18.6 Å². The molecule has 7 heteroatoms. The van der Waals surface area contributed by atoms with Crippen LogP contribution in [0.25, 0.3) is 0 Å². The van der Waals surface area contributed by atoms with Crippen molar-refractivity contribution in [3.63, 3.8) is 0 Å². The Balaban J connectivity index is 1.93. The lowest BCUT2D eigenvalue weighted by Crippen LogP contribution is -2.43. The molecule has 0 spiro atoms. The molecule has 0 saturated heterocycles. The maximum absolute atomic E-state index is 12.9. The van der Waals surface area contributed by atoms with Crippen molar-refractivity contribution in [3.05, 3.63) is 95.6 Å². The molecule has 0 aromatic heterocycles. The van der Waals surface area contributed by atoms with E-state index in [1.54, 1.807) is 31.2 Å². The van der Waals surface area contributed by atoms with E-state index in [1.165, 1.54) is 0 Å². The van der Waals surface area contributed by atoms with E-state index in [-0.39, 0.29) is 18.1 Å². The van der Waals surface area contributed by atoms with Gasteiger partial charge < -0.3 is 18.6 Å². The molecule has 0 bridgehead atoms. The summed E-state index contributed by atoms with van der Waals surface area (Å²) in [7, 11) is -2.12. The van der Waals surface area contributed by atoms with Crippen molar-refractivity contribution in [3.8, 4) is 11.5 Å². The van der Waals surface area contributed by atoms with Crippen LogP contribution in [0, 0.1) is 0 Å². The number of hydrogen-bond donors (Lipinski definition) is 0. The maximum atomic E-state index is 12.9. The van der Waals surface area contributed by atoms with Crippen LogP contribution in [0.3, 0.4) is 0 Å². The van der Waals surface area contributed by atoms with Crippen LogP contribution >= 0.6 is 0 Å². The number of ether oxygens (including phenoxy) is 3. The lowest BCUT2D eigenvalue weighted by atomic mass is 10.1. The highest BCUT2D eigenvalue weighted by atomic mass is 28.4. The number of hydrogen-bond acceptors (Lipinski definition) is 6. The average molecular weight is 535 g/mol. The summed E-state index contributed by atoms with van der Waals surface area (Å²) in [6.07, 6.45) is -1.07. The highest BCUT2D eigenvalue weighted by molar-refractivity contribution is 6.74. The summed E-state index contributed by atoms with van der Waals surface area (Å²) in [6.45, 7) is 13.1. The van der Waals surface area contributed by atoms with Gasteiger partial charge in [0, 0.05) is 12.0 Å². The molecular weight excluding hydrogens is 496 g/mol. The van der Waals surface area contributed by atoms with Crippen molar-refractivity contribution in [1.82, 2.24) is 0 Å². The first-order valence-electron chi connectivity index (χ1n) is 12.9. The van der Waals surface area contributed by atoms with Gasteiger partial charge in [0.1, 0.15) is 18.1 Å². The summed E-state index contributed by atoms with van der Waals surface area (Å²) in [4.78, 5) is 25.7. The van der Waals surface area contributed by atoms with Crippen LogP contribution < -0.4 is 9.16 Å². The zero-order valence-corrected chi connectivity index (χ0v) is 24.2. The molecular formula is C31H38O6Si. The van der Waals surface area contributed by atoms with Gasteiger partial charge >= 0.3 is 11.9 Å². The van der Waals surface area contributed by atoms with E-state index in [0.29, 0.717) is 29.2 Å². The molecule has 0 amide bonds. The number of rotatable bonds is 11. The zero-order chi connectivity index (χ0) is 27.8. The molecule has 0 unspecified atom stereocenters. The van der Waals surface area contributed by atoms with Gasteiger partial charge in [0.25, 0.3) is 0 Å². The highest BCUT2D eigenvalue weighted by Gasteiger charge is 2.39. The summed E-state index contributed by atoms with van der Waals surface area (Å²) < 4.78 is 23.6. The topological polar surface area (TPSA) is 71.1 Å². The van der Waals surface area contributed by atoms with Gasteiger partial charge in [-0.25, -0.2) is 9.59 Å². The first-order chi connectivity index (χ1) is 18.0. The van der Waals surface area contributed by atoms with Crippen LogP contribution in [0.1, 0.15) is 49.2 Å². The van der Waals surface area contributed by atoms with Crippen LogP contribution in [0.2, 0.25) is 18.1 Å². The van der Waals surface area contributed by atoms with Crippen LogP contribution in [0.4, 0.5) is 0 Å². The smallest absolute Gasteiger partial charge is 0.347 e. The monoisotopic (exact) mass is 534 g/mol.